The van der Waals surface area contributed by atoms with Gasteiger partial charge in [0.1, 0.15) is 0 Å². The average molecular weight is 268 g/mol. The summed E-state index contributed by atoms with van der Waals surface area (Å²) in [6.45, 7) is 0.574. The number of aromatic nitrogens is 1. The summed E-state index contributed by atoms with van der Waals surface area (Å²) in [5.74, 6) is -0.0331. The molecule has 0 spiro atoms. The minimum Gasteiger partial charge on any atom is -0.390 e. The zero-order chi connectivity index (χ0) is 13.9. The average Bonchev–Trinajstić information content (AvgIpc) is 2.53. The van der Waals surface area contributed by atoms with E-state index in [0.717, 1.165) is 25.1 Å². The number of aliphatic hydroxyl groups excluding tert-OH is 1. The Morgan fingerprint density at radius 3 is 3.00 bits per heavy atom. The number of aryl methyl sites for hydroxylation is 1. The third-order valence-corrected chi connectivity index (χ3v) is 3.58. The monoisotopic (exact) mass is 268 g/mol. The summed E-state index contributed by atoms with van der Waals surface area (Å²) in [4.78, 5) is 18.5. The Morgan fingerprint density at radius 2 is 2.15 bits per heavy atom. The van der Waals surface area contributed by atoms with E-state index >= 15 is 0 Å². The lowest BCUT2D eigenvalue weighted by Gasteiger charge is -2.29. The molecule has 2 heterocycles. The maximum absolute atomic E-state index is 12.6. The van der Waals surface area contributed by atoms with Crippen molar-refractivity contribution in [3.8, 4) is 0 Å². The van der Waals surface area contributed by atoms with E-state index in [1.807, 2.05) is 23.1 Å². The van der Waals surface area contributed by atoms with E-state index in [9.17, 15) is 4.79 Å². The Kier molecular flexibility index (Phi) is 3.48. The van der Waals surface area contributed by atoms with E-state index in [-0.39, 0.29) is 12.5 Å². The lowest BCUT2D eigenvalue weighted by atomic mass is 10.0. The van der Waals surface area contributed by atoms with Crippen LogP contribution in [-0.4, -0.2) is 22.5 Å². The van der Waals surface area contributed by atoms with Gasteiger partial charge in [-0.3, -0.25) is 9.78 Å². The van der Waals surface area contributed by atoms with Crippen LogP contribution >= 0.6 is 0 Å². The van der Waals surface area contributed by atoms with Crippen LogP contribution in [0, 0.1) is 0 Å². The number of hydrogen-bond acceptors (Lipinski definition) is 3. The van der Waals surface area contributed by atoms with Gasteiger partial charge < -0.3 is 10.0 Å². The molecular formula is C16H16N2O2. The summed E-state index contributed by atoms with van der Waals surface area (Å²) in [7, 11) is 0. The van der Waals surface area contributed by atoms with Crippen LogP contribution in [0.25, 0.3) is 0 Å². The van der Waals surface area contributed by atoms with Crippen LogP contribution in [0.5, 0.6) is 0 Å². The van der Waals surface area contributed by atoms with Crippen molar-refractivity contribution >= 4 is 11.6 Å². The first-order chi connectivity index (χ1) is 9.79. The number of aliphatic hydroxyl groups is 1. The molecule has 102 valence electrons. The Balaban J connectivity index is 1.95. The SMILES string of the molecule is O=C(c1ccnc(CO)c1)N1CCCc2ccccc21. The lowest BCUT2D eigenvalue weighted by molar-refractivity contribution is 0.0985. The van der Waals surface area contributed by atoms with Crippen molar-refractivity contribution in [2.45, 2.75) is 19.4 Å². The molecule has 1 amide bonds. The van der Waals surface area contributed by atoms with Crippen molar-refractivity contribution in [1.82, 2.24) is 4.98 Å². The van der Waals surface area contributed by atoms with Gasteiger partial charge in [0.05, 0.1) is 12.3 Å². The standard InChI is InChI=1S/C16H16N2O2/c19-11-14-10-13(7-8-17-14)16(20)18-9-3-5-12-4-1-2-6-15(12)18/h1-2,4,6-8,10,19H,3,5,9,11H2. The Hall–Kier alpha value is -2.20. The predicted octanol–water partition coefficient (Wildman–Crippen LogP) is 2.17. The molecule has 0 radical (unpaired) electrons. The van der Waals surface area contributed by atoms with Gasteiger partial charge in [0.15, 0.2) is 0 Å². The van der Waals surface area contributed by atoms with Crippen molar-refractivity contribution in [3.05, 3.63) is 59.4 Å². The molecule has 2 aromatic rings. The van der Waals surface area contributed by atoms with Gasteiger partial charge >= 0.3 is 0 Å². The van der Waals surface area contributed by atoms with Crippen molar-refractivity contribution in [2.24, 2.45) is 0 Å². The number of carbonyl (C=O) groups excluding carboxylic acids is 1. The molecule has 1 aromatic carbocycles. The Morgan fingerprint density at radius 1 is 1.30 bits per heavy atom. The number of carbonyl (C=O) groups is 1. The van der Waals surface area contributed by atoms with Crippen LogP contribution in [0.4, 0.5) is 5.69 Å². The second kappa shape index (κ2) is 5.43. The van der Waals surface area contributed by atoms with Crippen LogP contribution in [0.2, 0.25) is 0 Å². The zero-order valence-corrected chi connectivity index (χ0v) is 11.1. The molecule has 0 atom stereocenters. The van der Waals surface area contributed by atoms with Gasteiger partial charge in [-0.25, -0.2) is 0 Å². The minimum atomic E-state index is -0.155. The molecule has 1 aliphatic heterocycles. The fraction of sp³-hybridized carbons (Fsp3) is 0.250. The van der Waals surface area contributed by atoms with Crippen molar-refractivity contribution in [2.75, 3.05) is 11.4 Å². The lowest BCUT2D eigenvalue weighted by Crippen LogP contribution is -2.35. The van der Waals surface area contributed by atoms with Crippen LogP contribution in [-0.2, 0) is 13.0 Å². The van der Waals surface area contributed by atoms with E-state index in [2.05, 4.69) is 11.1 Å². The van der Waals surface area contributed by atoms with Crippen LogP contribution < -0.4 is 4.90 Å². The molecule has 0 aliphatic carbocycles. The second-order valence-electron chi connectivity index (χ2n) is 4.88. The molecule has 0 saturated heterocycles. The van der Waals surface area contributed by atoms with E-state index < -0.39 is 0 Å². The molecule has 1 aromatic heterocycles. The van der Waals surface area contributed by atoms with Crippen molar-refractivity contribution < 1.29 is 9.90 Å². The summed E-state index contributed by atoms with van der Waals surface area (Å²) < 4.78 is 0. The number of benzene rings is 1. The molecule has 4 heteroatoms. The quantitative estimate of drug-likeness (QED) is 0.908. The van der Waals surface area contributed by atoms with E-state index in [1.54, 1.807) is 18.3 Å². The van der Waals surface area contributed by atoms with E-state index in [0.29, 0.717) is 11.3 Å². The number of fused-ring (bicyclic) bond motifs is 1. The van der Waals surface area contributed by atoms with Crippen molar-refractivity contribution in [3.63, 3.8) is 0 Å². The molecule has 3 rings (SSSR count). The first kappa shape index (κ1) is 12.8. The van der Waals surface area contributed by atoms with Crippen molar-refractivity contribution in [1.29, 1.82) is 0 Å². The maximum Gasteiger partial charge on any atom is 0.258 e. The number of nitrogens with zero attached hydrogens (tertiary/aromatic N) is 2. The highest BCUT2D eigenvalue weighted by atomic mass is 16.3. The van der Waals surface area contributed by atoms with Crippen LogP contribution in [0.1, 0.15) is 28.0 Å². The third-order valence-electron chi connectivity index (χ3n) is 3.58. The number of amides is 1. The fourth-order valence-electron chi connectivity index (χ4n) is 2.60. The van der Waals surface area contributed by atoms with Gasteiger partial charge in [-0.1, -0.05) is 18.2 Å². The maximum atomic E-state index is 12.6. The molecule has 0 unspecified atom stereocenters. The van der Waals surface area contributed by atoms with Crippen LogP contribution in [0.3, 0.4) is 0 Å². The Bertz CT molecular complexity index is 640. The minimum absolute atomic E-state index is 0.0331. The fourth-order valence-corrected chi connectivity index (χ4v) is 2.60. The Labute approximate surface area is 117 Å². The van der Waals surface area contributed by atoms with Gasteiger partial charge in [0, 0.05) is 24.0 Å². The smallest absolute Gasteiger partial charge is 0.258 e. The van der Waals surface area contributed by atoms with Crippen LogP contribution in [0.15, 0.2) is 42.6 Å². The highest BCUT2D eigenvalue weighted by Crippen LogP contribution is 2.28. The molecule has 1 N–H and O–H groups in total. The van der Waals surface area contributed by atoms with Gasteiger partial charge in [-0.15, -0.1) is 0 Å². The summed E-state index contributed by atoms with van der Waals surface area (Å²) in [6.07, 6.45) is 3.55. The van der Waals surface area contributed by atoms with E-state index in [4.69, 9.17) is 5.11 Å². The van der Waals surface area contributed by atoms with Gasteiger partial charge in [0.2, 0.25) is 0 Å². The normalized spacial score (nSPS) is 13.9. The molecule has 1 aliphatic rings. The zero-order valence-electron chi connectivity index (χ0n) is 11.1. The largest absolute Gasteiger partial charge is 0.390 e. The number of hydrogen-bond donors (Lipinski definition) is 1. The van der Waals surface area contributed by atoms with E-state index in [1.165, 1.54) is 5.56 Å². The molecule has 4 nitrogen and oxygen atoms in total. The predicted molar refractivity (Wildman–Crippen MR) is 76.6 cm³/mol. The molecule has 0 bridgehead atoms. The van der Waals surface area contributed by atoms with Gasteiger partial charge in [-0.05, 0) is 36.6 Å². The number of para-hydroxylation sites is 1. The first-order valence-electron chi connectivity index (χ1n) is 6.75. The molecule has 0 saturated carbocycles. The summed E-state index contributed by atoms with van der Waals surface area (Å²) in [5.41, 5.74) is 3.29. The molecular weight excluding hydrogens is 252 g/mol. The van der Waals surface area contributed by atoms with Gasteiger partial charge in [-0.2, -0.15) is 0 Å². The number of pyridine rings is 1. The van der Waals surface area contributed by atoms with Gasteiger partial charge in [0.25, 0.3) is 5.91 Å². The highest BCUT2D eigenvalue weighted by molar-refractivity contribution is 6.06. The summed E-state index contributed by atoms with van der Waals surface area (Å²) in [6, 6.07) is 11.4. The number of rotatable bonds is 2. The topological polar surface area (TPSA) is 53.4 Å². The molecule has 20 heavy (non-hydrogen) atoms. The third kappa shape index (κ3) is 2.30. The molecule has 0 fully saturated rings. The summed E-state index contributed by atoms with van der Waals surface area (Å²) >= 11 is 0. The second-order valence-corrected chi connectivity index (χ2v) is 4.88. The number of anilines is 1. The highest BCUT2D eigenvalue weighted by Gasteiger charge is 2.23. The first-order valence-corrected chi connectivity index (χ1v) is 6.75. The summed E-state index contributed by atoms with van der Waals surface area (Å²) in [5, 5.41) is 9.12.